The van der Waals surface area contributed by atoms with Crippen molar-refractivity contribution in [2.45, 2.75) is 25.3 Å². The number of fused-ring (bicyclic) bond motifs is 1. The first-order chi connectivity index (χ1) is 6.86. The van der Waals surface area contributed by atoms with Crippen LogP contribution in [-0.2, 0) is 4.74 Å². The van der Waals surface area contributed by atoms with E-state index < -0.39 is 0 Å². The molecular formula is C12H19NO. The largest absolute Gasteiger partial charge is 0.381 e. The van der Waals surface area contributed by atoms with Gasteiger partial charge in [0.15, 0.2) is 0 Å². The third-order valence-electron chi connectivity index (χ3n) is 4.22. The first-order valence-electron chi connectivity index (χ1n) is 5.84. The molecule has 2 N–H and O–H groups in total. The predicted octanol–water partition coefficient (Wildman–Crippen LogP) is 1.56. The minimum absolute atomic E-state index is 0.443. The Hall–Kier alpha value is -0.340. The summed E-state index contributed by atoms with van der Waals surface area (Å²) in [6.45, 7) is 1.96. The normalized spacial score (nSPS) is 42.8. The van der Waals surface area contributed by atoms with Crippen molar-refractivity contribution in [2.75, 3.05) is 13.2 Å². The summed E-state index contributed by atoms with van der Waals surface area (Å²) in [7, 11) is 0. The van der Waals surface area contributed by atoms with Gasteiger partial charge in [-0.1, -0.05) is 12.2 Å². The van der Waals surface area contributed by atoms with E-state index in [2.05, 4.69) is 12.2 Å². The molecule has 2 aliphatic carbocycles. The lowest BCUT2D eigenvalue weighted by molar-refractivity contribution is 0.144. The molecule has 1 heterocycles. The maximum absolute atomic E-state index is 6.27. The topological polar surface area (TPSA) is 35.2 Å². The molecule has 0 aromatic heterocycles. The molecule has 1 saturated carbocycles. The van der Waals surface area contributed by atoms with Crippen LogP contribution >= 0.6 is 0 Å². The van der Waals surface area contributed by atoms with Crippen molar-refractivity contribution in [3.63, 3.8) is 0 Å². The molecule has 1 saturated heterocycles. The zero-order valence-corrected chi connectivity index (χ0v) is 8.56. The summed E-state index contributed by atoms with van der Waals surface area (Å²) >= 11 is 0. The van der Waals surface area contributed by atoms with Crippen LogP contribution < -0.4 is 5.73 Å². The highest BCUT2D eigenvalue weighted by atomic mass is 16.5. The Morgan fingerprint density at radius 2 is 1.86 bits per heavy atom. The Kier molecular flexibility index (Phi) is 2.14. The van der Waals surface area contributed by atoms with Crippen LogP contribution in [0, 0.1) is 23.7 Å². The molecule has 3 rings (SSSR count). The van der Waals surface area contributed by atoms with E-state index >= 15 is 0 Å². The van der Waals surface area contributed by atoms with Gasteiger partial charge in [0, 0.05) is 6.04 Å². The van der Waals surface area contributed by atoms with E-state index in [1.54, 1.807) is 0 Å². The molecule has 0 amide bonds. The van der Waals surface area contributed by atoms with Gasteiger partial charge in [-0.15, -0.1) is 0 Å². The van der Waals surface area contributed by atoms with Crippen LogP contribution in [0.25, 0.3) is 0 Å². The molecule has 3 aliphatic rings. The summed E-state index contributed by atoms with van der Waals surface area (Å²) in [4.78, 5) is 0. The van der Waals surface area contributed by atoms with Gasteiger partial charge in [0.2, 0.25) is 0 Å². The average Bonchev–Trinajstić information content (AvgIpc) is 2.63. The lowest BCUT2D eigenvalue weighted by Crippen LogP contribution is -2.28. The van der Waals surface area contributed by atoms with Gasteiger partial charge in [-0.25, -0.2) is 0 Å². The van der Waals surface area contributed by atoms with Crippen LogP contribution in [0.5, 0.6) is 0 Å². The number of hydrogen-bond donors (Lipinski definition) is 1. The van der Waals surface area contributed by atoms with Gasteiger partial charge in [-0.05, 0) is 42.9 Å². The zero-order chi connectivity index (χ0) is 9.54. The number of rotatable bonds is 3. The Bertz CT molecular complexity index is 233. The van der Waals surface area contributed by atoms with E-state index in [1.165, 1.54) is 19.3 Å². The van der Waals surface area contributed by atoms with E-state index in [4.69, 9.17) is 10.5 Å². The van der Waals surface area contributed by atoms with Gasteiger partial charge in [0.1, 0.15) is 0 Å². The fourth-order valence-corrected chi connectivity index (χ4v) is 3.33. The standard InChI is InChI=1S/C12H19NO/c13-11(5-8-3-1-2-4-8)12-9-6-14-7-10(9)12/h1-2,8-12H,3-7,13H2. The molecule has 3 atom stereocenters. The van der Waals surface area contributed by atoms with Crippen LogP contribution in [0.15, 0.2) is 12.2 Å². The molecule has 78 valence electrons. The molecule has 3 unspecified atom stereocenters. The Labute approximate surface area is 85.5 Å². The van der Waals surface area contributed by atoms with E-state index in [0.29, 0.717) is 6.04 Å². The fourth-order valence-electron chi connectivity index (χ4n) is 3.33. The quantitative estimate of drug-likeness (QED) is 0.690. The van der Waals surface area contributed by atoms with Crippen molar-refractivity contribution >= 4 is 0 Å². The van der Waals surface area contributed by atoms with E-state index in [1.807, 2.05) is 0 Å². The van der Waals surface area contributed by atoms with Crippen LogP contribution in [0.1, 0.15) is 19.3 Å². The van der Waals surface area contributed by atoms with Gasteiger partial charge < -0.3 is 10.5 Å². The van der Waals surface area contributed by atoms with Crippen LogP contribution in [-0.4, -0.2) is 19.3 Å². The molecule has 0 aromatic carbocycles. The third kappa shape index (κ3) is 1.41. The first-order valence-corrected chi connectivity index (χ1v) is 5.84. The molecule has 0 bridgehead atoms. The molecule has 2 fully saturated rings. The van der Waals surface area contributed by atoms with Crippen molar-refractivity contribution in [2.24, 2.45) is 29.4 Å². The summed E-state index contributed by atoms with van der Waals surface area (Å²) in [6, 6.07) is 0.443. The van der Waals surface area contributed by atoms with Crippen molar-refractivity contribution < 1.29 is 4.74 Å². The third-order valence-corrected chi connectivity index (χ3v) is 4.22. The Morgan fingerprint density at radius 3 is 2.50 bits per heavy atom. The summed E-state index contributed by atoms with van der Waals surface area (Å²) in [6.07, 6.45) is 8.34. The molecule has 2 heteroatoms. The highest BCUT2D eigenvalue weighted by Gasteiger charge is 2.56. The van der Waals surface area contributed by atoms with Crippen molar-refractivity contribution in [3.8, 4) is 0 Å². The van der Waals surface area contributed by atoms with Gasteiger partial charge in [-0.3, -0.25) is 0 Å². The highest BCUT2D eigenvalue weighted by Crippen LogP contribution is 2.53. The van der Waals surface area contributed by atoms with Gasteiger partial charge >= 0.3 is 0 Å². The van der Waals surface area contributed by atoms with E-state index in [-0.39, 0.29) is 0 Å². The predicted molar refractivity (Wildman–Crippen MR) is 55.7 cm³/mol. The Balaban J connectivity index is 1.49. The molecule has 1 aliphatic heterocycles. The molecule has 0 aromatic rings. The maximum Gasteiger partial charge on any atom is 0.0501 e. The number of ether oxygens (including phenoxy) is 1. The second-order valence-corrected chi connectivity index (χ2v) is 5.15. The lowest BCUT2D eigenvalue weighted by Gasteiger charge is -2.17. The van der Waals surface area contributed by atoms with Crippen molar-refractivity contribution in [1.29, 1.82) is 0 Å². The highest BCUT2D eigenvalue weighted by molar-refractivity contribution is 5.06. The number of allylic oxidation sites excluding steroid dienone is 2. The summed E-state index contributed by atoms with van der Waals surface area (Å²) in [5.41, 5.74) is 6.27. The molecule has 2 nitrogen and oxygen atoms in total. The number of hydrogen-bond acceptors (Lipinski definition) is 2. The zero-order valence-electron chi connectivity index (χ0n) is 8.56. The fraction of sp³-hybridized carbons (Fsp3) is 0.833. The second kappa shape index (κ2) is 3.35. The monoisotopic (exact) mass is 193 g/mol. The van der Waals surface area contributed by atoms with E-state index in [9.17, 15) is 0 Å². The molecule has 0 radical (unpaired) electrons. The number of nitrogens with two attached hydrogens (primary N) is 1. The minimum atomic E-state index is 0.443. The summed E-state index contributed by atoms with van der Waals surface area (Å²) < 4.78 is 5.39. The molecular weight excluding hydrogens is 174 g/mol. The average molecular weight is 193 g/mol. The van der Waals surface area contributed by atoms with E-state index in [0.717, 1.165) is 36.9 Å². The Morgan fingerprint density at radius 1 is 1.21 bits per heavy atom. The summed E-state index contributed by atoms with van der Waals surface area (Å²) in [5, 5.41) is 0. The molecule has 14 heavy (non-hydrogen) atoms. The smallest absolute Gasteiger partial charge is 0.0501 e. The lowest BCUT2D eigenvalue weighted by atomic mass is 9.94. The van der Waals surface area contributed by atoms with Gasteiger partial charge in [0.25, 0.3) is 0 Å². The van der Waals surface area contributed by atoms with Crippen molar-refractivity contribution in [1.82, 2.24) is 0 Å². The van der Waals surface area contributed by atoms with Gasteiger partial charge in [-0.2, -0.15) is 0 Å². The SMILES string of the molecule is NC(CC1CC=CC1)C1C2COCC21. The van der Waals surface area contributed by atoms with Crippen LogP contribution in [0.3, 0.4) is 0 Å². The van der Waals surface area contributed by atoms with Gasteiger partial charge in [0.05, 0.1) is 13.2 Å². The second-order valence-electron chi connectivity index (χ2n) is 5.15. The van der Waals surface area contributed by atoms with Crippen molar-refractivity contribution in [3.05, 3.63) is 12.2 Å². The first kappa shape index (κ1) is 8.93. The maximum atomic E-state index is 6.27. The minimum Gasteiger partial charge on any atom is -0.381 e. The van der Waals surface area contributed by atoms with Crippen LogP contribution in [0.4, 0.5) is 0 Å². The van der Waals surface area contributed by atoms with Crippen LogP contribution in [0.2, 0.25) is 0 Å². The summed E-state index contributed by atoms with van der Waals surface area (Å²) in [5.74, 6) is 3.27. The molecule has 0 spiro atoms.